The summed E-state index contributed by atoms with van der Waals surface area (Å²) in [6.07, 6.45) is -3.32. The van der Waals surface area contributed by atoms with Gasteiger partial charge in [0.05, 0.1) is 23.3 Å². The molecule has 0 aromatic heterocycles. The summed E-state index contributed by atoms with van der Waals surface area (Å²) in [5.74, 6) is 1.02. The maximum absolute atomic E-state index is 12.8. The third kappa shape index (κ3) is 6.45. The number of anilines is 1. The van der Waals surface area contributed by atoms with Crippen LogP contribution in [0.5, 0.6) is 11.5 Å². The third-order valence-corrected chi connectivity index (χ3v) is 4.43. The minimum atomic E-state index is -4.69. The lowest BCUT2D eigenvalue weighted by atomic mass is 10.1. The van der Waals surface area contributed by atoms with Gasteiger partial charge in [0.25, 0.3) is 5.69 Å². The van der Waals surface area contributed by atoms with Gasteiger partial charge in [0.2, 0.25) is 0 Å². The van der Waals surface area contributed by atoms with Crippen molar-refractivity contribution in [3.63, 3.8) is 0 Å². The van der Waals surface area contributed by atoms with Crippen molar-refractivity contribution in [3.05, 3.63) is 93.5 Å². The number of rotatable bonds is 9. The second-order valence-electron chi connectivity index (χ2n) is 6.77. The second kappa shape index (κ2) is 10.5. The molecule has 10 heteroatoms. The highest BCUT2D eigenvalue weighted by molar-refractivity contribution is 5.82. The Bertz CT molecular complexity index is 1140. The van der Waals surface area contributed by atoms with E-state index in [2.05, 4.69) is 10.5 Å². The van der Waals surface area contributed by atoms with Gasteiger partial charge in [0.1, 0.15) is 12.3 Å². The van der Waals surface area contributed by atoms with Gasteiger partial charge in [-0.05, 0) is 48.4 Å². The molecule has 0 heterocycles. The number of hydrazone groups is 1. The molecule has 3 rings (SSSR count). The Kier molecular flexibility index (Phi) is 7.50. The lowest BCUT2D eigenvalue weighted by Crippen LogP contribution is -2.06. The standard InChI is InChI=1S/C23H20F3N3O4/c1-2-32-22-12-17(8-11-21(22)33-15-16-6-4-3-5-7-16)14-27-28-19-10-9-18(23(24,25)26)13-20(19)29(30)31/h3-14,28H,2,15H2,1H3/b27-14-. The van der Waals surface area contributed by atoms with E-state index in [0.29, 0.717) is 36.3 Å². The Balaban J connectivity index is 1.74. The molecule has 0 spiro atoms. The first-order valence-corrected chi connectivity index (χ1v) is 9.86. The van der Waals surface area contributed by atoms with E-state index in [9.17, 15) is 23.3 Å². The number of hydrogen-bond acceptors (Lipinski definition) is 6. The minimum Gasteiger partial charge on any atom is -0.490 e. The van der Waals surface area contributed by atoms with Crippen molar-refractivity contribution in [2.75, 3.05) is 12.0 Å². The van der Waals surface area contributed by atoms with Crippen LogP contribution in [0.3, 0.4) is 0 Å². The van der Waals surface area contributed by atoms with Crippen molar-refractivity contribution < 1.29 is 27.6 Å². The maximum atomic E-state index is 12.8. The van der Waals surface area contributed by atoms with Gasteiger partial charge in [-0.2, -0.15) is 18.3 Å². The number of ether oxygens (including phenoxy) is 2. The number of nitro groups is 1. The molecule has 0 saturated carbocycles. The van der Waals surface area contributed by atoms with Crippen molar-refractivity contribution in [1.82, 2.24) is 0 Å². The van der Waals surface area contributed by atoms with Crippen LogP contribution in [0.25, 0.3) is 0 Å². The molecule has 3 aromatic rings. The molecular formula is C23H20F3N3O4. The van der Waals surface area contributed by atoms with Crippen LogP contribution in [-0.2, 0) is 12.8 Å². The van der Waals surface area contributed by atoms with Crippen molar-refractivity contribution in [1.29, 1.82) is 0 Å². The Morgan fingerprint density at radius 1 is 1.03 bits per heavy atom. The lowest BCUT2D eigenvalue weighted by Gasteiger charge is -2.12. The molecule has 33 heavy (non-hydrogen) atoms. The topological polar surface area (TPSA) is 86.0 Å². The number of halogens is 3. The highest BCUT2D eigenvalue weighted by Gasteiger charge is 2.33. The smallest absolute Gasteiger partial charge is 0.416 e. The first-order valence-electron chi connectivity index (χ1n) is 9.86. The first-order chi connectivity index (χ1) is 15.8. The molecule has 0 unspecified atom stereocenters. The average Bonchev–Trinajstić information content (AvgIpc) is 2.79. The van der Waals surface area contributed by atoms with Gasteiger partial charge in [-0.3, -0.25) is 15.5 Å². The number of nitro benzene ring substituents is 1. The Morgan fingerprint density at radius 3 is 2.45 bits per heavy atom. The molecule has 0 aliphatic rings. The molecule has 0 aliphatic heterocycles. The highest BCUT2D eigenvalue weighted by atomic mass is 19.4. The molecule has 0 fully saturated rings. The molecule has 0 radical (unpaired) electrons. The monoisotopic (exact) mass is 459 g/mol. The Morgan fingerprint density at radius 2 is 1.79 bits per heavy atom. The van der Waals surface area contributed by atoms with Crippen molar-refractivity contribution in [2.45, 2.75) is 19.7 Å². The highest BCUT2D eigenvalue weighted by Crippen LogP contribution is 2.35. The van der Waals surface area contributed by atoms with Gasteiger partial charge in [-0.15, -0.1) is 0 Å². The second-order valence-corrected chi connectivity index (χ2v) is 6.77. The summed E-state index contributed by atoms with van der Waals surface area (Å²) in [4.78, 5) is 10.3. The van der Waals surface area contributed by atoms with Crippen molar-refractivity contribution >= 4 is 17.6 Å². The summed E-state index contributed by atoms with van der Waals surface area (Å²) >= 11 is 0. The molecule has 3 aromatic carbocycles. The van der Waals surface area contributed by atoms with Gasteiger partial charge in [0.15, 0.2) is 11.5 Å². The van der Waals surface area contributed by atoms with E-state index in [1.165, 1.54) is 6.21 Å². The first kappa shape index (κ1) is 23.6. The molecule has 0 bridgehead atoms. The van der Waals surface area contributed by atoms with Crippen LogP contribution in [0.2, 0.25) is 0 Å². The SMILES string of the molecule is CCOc1cc(/C=N\Nc2ccc(C(F)(F)F)cc2[N+](=O)[O-])ccc1OCc1ccccc1. The van der Waals surface area contributed by atoms with E-state index in [-0.39, 0.29) is 5.69 Å². The largest absolute Gasteiger partial charge is 0.490 e. The molecule has 1 N–H and O–H groups in total. The van der Waals surface area contributed by atoms with E-state index >= 15 is 0 Å². The van der Waals surface area contributed by atoms with Crippen LogP contribution < -0.4 is 14.9 Å². The van der Waals surface area contributed by atoms with E-state index < -0.39 is 22.4 Å². The number of alkyl halides is 3. The van der Waals surface area contributed by atoms with E-state index in [1.807, 2.05) is 37.3 Å². The zero-order chi connectivity index (χ0) is 23.8. The quantitative estimate of drug-likeness (QED) is 0.240. The number of nitrogens with zero attached hydrogens (tertiary/aromatic N) is 2. The zero-order valence-corrected chi connectivity index (χ0v) is 17.5. The summed E-state index contributed by atoms with van der Waals surface area (Å²) in [5.41, 5.74) is 1.99. The molecule has 0 saturated heterocycles. The van der Waals surface area contributed by atoms with E-state index in [4.69, 9.17) is 9.47 Å². The summed E-state index contributed by atoms with van der Waals surface area (Å²) in [7, 11) is 0. The van der Waals surface area contributed by atoms with Gasteiger partial charge >= 0.3 is 6.18 Å². The fourth-order valence-corrected chi connectivity index (χ4v) is 2.86. The van der Waals surface area contributed by atoms with Crippen LogP contribution in [0.1, 0.15) is 23.6 Å². The van der Waals surface area contributed by atoms with Crippen LogP contribution in [0.4, 0.5) is 24.5 Å². The molecule has 0 atom stereocenters. The normalized spacial score (nSPS) is 11.4. The fourth-order valence-electron chi connectivity index (χ4n) is 2.86. The Labute approximate surface area is 187 Å². The summed E-state index contributed by atoms with van der Waals surface area (Å²) in [6, 6.07) is 16.9. The fraction of sp³-hybridized carbons (Fsp3) is 0.174. The molecule has 7 nitrogen and oxygen atoms in total. The summed E-state index contributed by atoms with van der Waals surface area (Å²) in [6.45, 7) is 2.58. The van der Waals surface area contributed by atoms with E-state index in [1.54, 1.807) is 18.2 Å². The number of benzene rings is 3. The van der Waals surface area contributed by atoms with Gasteiger partial charge in [-0.1, -0.05) is 30.3 Å². The van der Waals surface area contributed by atoms with Crippen molar-refractivity contribution in [2.24, 2.45) is 5.10 Å². The minimum absolute atomic E-state index is 0.169. The van der Waals surface area contributed by atoms with Crippen molar-refractivity contribution in [3.8, 4) is 11.5 Å². The molecule has 0 amide bonds. The lowest BCUT2D eigenvalue weighted by molar-refractivity contribution is -0.384. The van der Waals surface area contributed by atoms with Gasteiger partial charge < -0.3 is 9.47 Å². The number of hydrogen-bond donors (Lipinski definition) is 1. The molecule has 172 valence electrons. The maximum Gasteiger partial charge on any atom is 0.416 e. The van der Waals surface area contributed by atoms with Gasteiger partial charge in [0, 0.05) is 6.07 Å². The summed E-state index contributed by atoms with van der Waals surface area (Å²) < 4.78 is 49.9. The Hall–Kier alpha value is -4.08. The van der Waals surface area contributed by atoms with Crippen LogP contribution in [-0.4, -0.2) is 17.7 Å². The predicted molar refractivity (Wildman–Crippen MR) is 118 cm³/mol. The zero-order valence-electron chi connectivity index (χ0n) is 17.5. The third-order valence-electron chi connectivity index (χ3n) is 4.43. The summed E-state index contributed by atoms with van der Waals surface area (Å²) in [5, 5.41) is 15.1. The molecular weight excluding hydrogens is 439 g/mol. The molecule has 0 aliphatic carbocycles. The number of nitrogens with one attached hydrogen (secondary N) is 1. The van der Waals surface area contributed by atoms with Crippen LogP contribution in [0, 0.1) is 10.1 Å². The van der Waals surface area contributed by atoms with Gasteiger partial charge in [-0.25, -0.2) is 0 Å². The average molecular weight is 459 g/mol. The van der Waals surface area contributed by atoms with Crippen LogP contribution >= 0.6 is 0 Å². The van der Waals surface area contributed by atoms with Crippen LogP contribution in [0.15, 0.2) is 71.8 Å². The predicted octanol–water partition coefficient (Wildman–Crippen LogP) is 6.04. The van der Waals surface area contributed by atoms with E-state index in [0.717, 1.165) is 17.7 Å².